The van der Waals surface area contributed by atoms with E-state index in [2.05, 4.69) is 10.6 Å². The standard InChI is InChI=1S/C19H32N2O10/c1-10(23)5-3-4-6-13(25)21-14(11(2)24)18(29)20-7-8-30-19-17(28)16(27)15(26)12(9-22)31-19/h12,14-17,19,22,26-28H,3-9H2,1-2H3,(H,20,29)(H,21,25)/t12-,14+,15-,16+,17+,19+/m1/s1. The molecule has 0 aromatic rings. The van der Waals surface area contributed by atoms with E-state index in [9.17, 15) is 34.5 Å². The predicted octanol–water partition coefficient (Wildman–Crippen LogP) is -2.86. The van der Waals surface area contributed by atoms with Gasteiger partial charge in [0, 0.05) is 19.4 Å². The molecule has 12 nitrogen and oxygen atoms in total. The number of carbonyl (C=O) groups excluding carboxylic acids is 4. The van der Waals surface area contributed by atoms with Gasteiger partial charge in [0.05, 0.1) is 13.2 Å². The van der Waals surface area contributed by atoms with E-state index in [-0.39, 0.29) is 25.4 Å². The first kappa shape index (κ1) is 27.1. The van der Waals surface area contributed by atoms with Crippen LogP contribution in [0.2, 0.25) is 0 Å². The highest BCUT2D eigenvalue weighted by Crippen LogP contribution is 2.21. The van der Waals surface area contributed by atoms with Gasteiger partial charge in [0.25, 0.3) is 0 Å². The zero-order valence-corrected chi connectivity index (χ0v) is 17.7. The van der Waals surface area contributed by atoms with Crippen molar-refractivity contribution in [2.45, 2.75) is 76.3 Å². The van der Waals surface area contributed by atoms with E-state index in [4.69, 9.17) is 14.6 Å². The number of nitrogens with one attached hydrogen (secondary N) is 2. The van der Waals surface area contributed by atoms with Crippen LogP contribution < -0.4 is 10.6 Å². The van der Waals surface area contributed by atoms with Gasteiger partial charge >= 0.3 is 0 Å². The molecule has 6 N–H and O–H groups in total. The summed E-state index contributed by atoms with van der Waals surface area (Å²) in [5, 5.41) is 43.2. The first-order chi connectivity index (χ1) is 14.6. The molecule has 1 fully saturated rings. The minimum Gasteiger partial charge on any atom is -0.394 e. The number of unbranched alkanes of at least 4 members (excludes halogenated alkanes) is 1. The van der Waals surface area contributed by atoms with Crippen LogP contribution in [-0.2, 0) is 28.7 Å². The number of hydrogen-bond acceptors (Lipinski definition) is 10. The highest BCUT2D eigenvalue weighted by atomic mass is 16.7. The largest absolute Gasteiger partial charge is 0.394 e. The molecule has 0 aromatic heterocycles. The van der Waals surface area contributed by atoms with Crippen molar-refractivity contribution in [3.63, 3.8) is 0 Å². The maximum Gasteiger partial charge on any atom is 0.250 e. The smallest absolute Gasteiger partial charge is 0.250 e. The number of aliphatic hydroxyl groups is 4. The summed E-state index contributed by atoms with van der Waals surface area (Å²) in [5.74, 6) is -1.78. The van der Waals surface area contributed by atoms with Crippen molar-refractivity contribution in [1.82, 2.24) is 10.6 Å². The Bertz CT molecular complexity index is 627. The molecule has 0 unspecified atom stereocenters. The van der Waals surface area contributed by atoms with Gasteiger partial charge in [-0.2, -0.15) is 0 Å². The maximum atomic E-state index is 12.2. The molecule has 0 radical (unpaired) electrons. The number of carbonyl (C=O) groups is 4. The maximum absolute atomic E-state index is 12.2. The summed E-state index contributed by atoms with van der Waals surface area (Å²) in [6.45, 7) is 1.72. The fourth-order valence-corrected chi connectivity index (χ4v) is 2.90. The molecule has 1 saturated heterocycles. The van der Waals surface area contributed by atoms with Crippen molar-refractivity contribution in [2.75, 3.05) is 19.8 Å². The Morgan fingerprint density at radius 2 is 1.65 bits per heavy atom. The Morgan fingerprint density at radius 3 is 2.23 bits per heavy atom. The average Bonchev–Trinajstić information content (AvgIpc) is 2.71. The van der Waals surface area contributed by atoms with E-state index in [0.29, 0.717) is 19.3 Å². The van der Waals surface area contributed by atoms with Gasteiger partial charge in [-0.3, -0.25) is 14.4 Å². The minimum atomic E-state index is -1.58. The summed E-state index contributed by atoms with van der Waals surface area (Å²) in [6.07, 6.45) is -5.71. The molecule has 1 heterocycles. The van der Waals surface area contributed by atoms with Crippen LogP contribution in [0, 0.1) is 0 Å². The van der Waals surface area contributed by atoms with Crippen LogP contribution in [0.25, 0.3) is 0 Å². The zero-order chi connectivity index (χ0) is 23.6. The Balaban J connectivity index is 2.41. The van der Waals surface area contributed by atoms with Crippen LogP contribution in [0.4, 0.5) is 0 Å². The van der Waals surface area contributed by atoms with Gasteiger partial charge in [0.2, 0.25) is 11.8 Å². The summed E-state index contributed by atoms with van der Waals surface area (Å²) < 4.78 is 10.4. The van der Waals surface area contributed by atoms with Gasteiger partial charge in [-0.15, -0.1) is 0 Å². The summed E-state index contributed by atoms with van der Waals surface area (Å²) in [5.41, 5.74) is 0. The molecular formula is C19H32N2O10. The molecule has 1 aliphatic heterocycles. The Kier molecular flexibility index (Phi) is 11.7. The van der Waals surface area contributed by atoms with E-state index in [0.717, 1.165) is 6.92 Å². The van der Waals surface area contributed by atoms with Crippen molar-refractivity contribution < 1.29 is 49.1 Å². The van der Waals surface area contributed by atoms with E-state index in [1.54, 1.807) is 0 Å². The molecule has 1 rings (SSSR count). The fraction of sp³-hybridized carbons (Fsp3) is 0.789. The molecule has 1 aliphatic rings. The lowest BCUT2D eigenvalue weighted by Gasteiger charge is -2.39. The average molecular weight is 448 g/mol. The zero-order valence-electron chi connectivity index (χ0n) is 17.7. The third kappa shape index (κ3) is 8.97. The number of Topliss-reactive ketones (excluding diaryl/α,β-unsaturated/α-hetero) is 2. The summed E-state index contributed by atoms with van der Waals surface area (Å²) in [7, 11) is 0. The molecular weight excluding hydrogens is 416 g/mol. The second-order valence-corrected chi connectivity index (χ2v) is 7.38. The van der Waals surface area contributed by atoms with Crippen molar-refractivity contribution >= 4 is 23.4 Å². The fourth-order valence-electron chi connectivity index (χ4n) is 2.90. The normalized spacial score (nSPS) is 26.7. The Hall–Kier alpha value is -1.96. The van der Waals surface area contributed by atoms with Crippen LogP contribution in [-0.4, -0.2) is 100 Å². The van der Waals surface area contributed by atoms with Crippen LogP contribution in [0.1, 0.15) is 39.5 Å². The first-order valence-electron chi connectivity index (χ1n) is 10.1. The van der Waals surface area contributed by atoms with Gasteiger partial charge in [-0.25, -0.2) is 0 Å². The third-order valence-corrected chi connectivity index (χ3v) is 4.69. The lowest BCUT2D eigenvalue weighted by molar-refractivity contribution is -0.300. The molecule has 12 heteroatoms. The summed E-state index contributed by atoms with van der Waals surface area (Å²) in [4.78, 5) is 46.8. The van der Waals surface area contributed by atoms with Crippen molar-refractivity contribution in [1.29, 1.82) is 0 Å². The quantitative estimate of drug-likeness (QED) is 0.126. The molecule has 0 spiro atoms. The van der Waals surface area contributed by atoms with Crippen molar-refractivity contribution in [3.05, 3.63) is 0 Å². The molecule has 31 heavy (non-hydrogen) atoms. The lowest BCUT2D eigenvalue weighted by atomic mass is 9.99. The minimum absolute atomic E-state index is 0.0207. The number of aliphatic hydroxyl groups excluding tert-OH is 4. The SMILES string of the molecule is CC(=O)CCCCC(=O)N[C@@H](C(C)=O)C(=O)NCCO[C@H]1O[C@H](CO)[C@@H](O)[C@H](O)[C@@H]1O. The molecule has 0 bridgehead atoms. The Labute approximate surface area is 179 Å². The van der Waals surface area contributed by atoms with Crippen molar-refractivity contribution in [2.24, 2.45) is 0 Å². The topological polar surface area (TPSA) is 192 Å². The Morgan fingerprint density at radius 1 is 1.00 bits per heavy atom. The molecule has 0 aliphatic carbocycles. The molecule has 6 atom stereocenters. The summed E-state index contributed by atoms with van der Waals surface area (Å²) >= 11 is 0. The van der Waals surface area contributed by atoms with Gasteiger partial charge in [0.15, 0.2) is 18.1 Å². The van der Waals surface area contributed by atoms with E-state index in [1.165, 1.54) is 6.92 Å². The van der Waals surface area contributed by atoms with E-state index in [1.807, 2.05) is 0 Å². The molecule has 178 valence electrons. The number of ketones is 2. The highest BCUT2D eigenvalue weighted by Gasteiger charge is 2.43. The molecule has 0 aromatic carbocycles. The van der Waals surface area contributed by atoms with Crippen molar-refractivity contribution in [3.8, 4) is 0 Å². The highest BCUT2D eigenvalue weighted by molar-refractivity contribution is 6.06. The lowest BCUT2D eigenvalue weighted by Crippen LogP contribution is -2.59. The van der Waals surface area contributed by atoms with E-state index < -0.39 is 61.0 Å². The first-order valence-corrected chi connectivity index (χ1v) is 10.1. The second-order valence-electron chi connectivity index (χ2n) is 7.38. The van der Waals surface area contributed by atoms with E-state index >= 15 is 0 Å². The predicted molar refractivity (Wildman–Crippen MR) is 104 cm³/mol. The number of rotatable bonds is 13. The second kappa shape index (κ2) is 13.5. The third-order valence-electron chi connectivity index (χ3n) is 4.69. The summed E-state index contributed by atoms with van der Waals surface area (Å²) in [6, 6.07) is -1.38. The van der Waals surface area contributed by atoms with Gasteiger partial charge in [0.1, 0.15) is 30.2 Å². The number of ether oxygens (including phenoxy) is 2. The van der Waals surface area contributed by atoms with Gasteiger partial charge in [-0.05, 0) is 26.7 Å². The molecule has 2 amide bonds. The van der Waals surface area contributed by atoms with Crippen LogP contribution >= 0.6 is 0 Å². The van der Waals surface area contributed by atoms with Gasteiger partial charge in [-0.1, -0.05) is 0 Å². The number of amides is 2. The van der Waals surface area contributed by atoms with Crippen LogP contribution in [0.3, 0.4) is 0 Å². The molecule has 0 saturated carbocycles. The van der Waals surface area contributed by atoms with Crippen LogP contribution in [0.5, 0.6) is 0 Å². The number of hydrogen-bond donors (Lipinski definition) is 6. The monoisotopic (exact) mass is 448 g/mol. The van der Waals surface area contributed by atoms with Crippen LogP contribution in [0.15, 0.2) is 0 Å². The van der Waals surface area contributed by atoms with Gasteiger partial charge < -0.3 is 45.3 Å².